The van der Waals surface area contributed by atoms with E-state index >= 15 is 0 Å². The Morgan fingerprint density at radius 3 is 2.37 bits per heavy atom. The number of halogens is 1. The summed E-state index contributed by atoms with van der Waals surface area (Å²) in [7, 11) is 0. The lowest BCUT2D eigenvalue weighted by molar-refractivity contribution is -0.145. The topological polar surface area (TPSA) is 40.6 Å². The van der Waals surface area contributed by atoms with Crippen LogP contribution in [0.2, 0.25) is 0 Å². The molecule has 0 spiro atoms. The maximum atomic E-state index is 13.3. The molecular weight excluding hydrogens is 399 g/mol. The van der Waals surface area contributed by atoms with E-state index in [-0.39, 0.29) is 36.1 Å². The van der Waals surface area contributed by atoms with Crippen molar-refractivity contribution in [2.75, 3.05) is 6.54 Å². The van der Waals surface area contributed by atoms with E-state index in [0.717, 1.165) is 36.1 Å². The number of hydrogen-bond donors (Lipinski definition) is 0. The minimum absolute atomic E-state index is 0.0298. The molecule has 0 atom stereocenters. The highest BCUT2D eigenvalue weighted by molar-refractivity contribution is 7.09. The molecule has 6 heteroatoms. The largest absolute Gasteiger partial charge is 0.332 e. The molecule has 1 aliphatic carbocycles. The Hall–Kier alpha value is -2.21. The van der Waals surface area contributed by atoms with Crippen molar-refractivity contribution in [3.8, 4) is 0 Å². The van der Waals surface area contributed by atoms with Crippen molar-refractivity contribution in [3.05, 3.63) is 58.0 Å². The van der Waals surface area contributed by atoms with Gasteiger partial charge in [-0.1, -0.05) is 37.5 Å². The van der Waals surface area contributed by atoms with E-state index in [1.54, 1.807) is 33.3 Å². The molecule has 0 unspecified atom stereocenters. The van der Waals surface area contributed by atoms with Crippen LogP contribution >= 0.6 is 11.3 Å². The molecule has 1 fully saturated rings. The summed E-state index contributed by atoms with van der Waals surface area (Å²) in [6.45, 7) is 4.90. The van der Waals surface area contributed by atoms with Crippen molar-refractivity contribution in [3.63, 3.8) is 0 Å². The third-order valence-corrected chi connectivity index (χ3v) is 6.59. The number of carbonyl (C=O) groups excluding carboxylic acids is 2. The monoisotopic (exact) mass is 430 g/mol. The van der Waals surface area contributed by atoms with Crippen molar-refractivity contribution in [2.24, 2.45) is 5.92 Å². The first-order valence-corrected chi connectivity index (χ1v) is 11.7. The van der Waals surface area contributed by atoms with E-state index in [1.165, 1.54) is 18.6 Å². The Balaban J connectivity index is 1.73. The zero-order chi connectivity index (χ0) is 21.5. The average molecular weight is 431 g/mol. The third-order valence-electron chi connectivity index (χ3n) is 5.73. The lowest BCUT2D eigenvalue weighted by Gasteiger charge is -2.33. The molecule has 2 aromatic rings. The summed E-state index contributed by atoms with van der Waals surface area (Å²) in [5.74, 6) is -0.225. The minimum atomic E-state index is -0.293. The van der Waals surface area contributed by atoms with Crippen LogP contribution in [0.4, 0.5) is 4.39 Å². The number of carbonyl (C=O) groups is 2. The van der Waals surface area contributed by atoms with E-state index in [0.29, 0.717) is 13.1 Å². The van der Waals surface area contributed by atoms with Gasteiger partial charge >= 0.3 is 0 Å². The summed E-state index contributed by atoms with van der Waals surface area (Å²) >= 11 is 1.60. The molecule has 162 valence electrons. The normalized spacial score (nSPS) is 14.7. The zero-order valence-corrected chi connectivity index (χ0v) is 18.7. The second-order valence-electron chi connectivity index (χ2n) is 8.35. The number of benzene rings is 1. The van der Waals surface area contributed by atoms with E-state index in [1.807, 2.05) is 31.4 Å². The quantitative estimate of drug-likeness (QED) is 0.575. The number of rotatable bonds is 8. The molecule has 1 aliphatic rings. The summed E-state index contributed by atoms with van der Waals surface area (Å²) in [5, 5.41) is 1.99. The Morgan fingerprint density at radius 2 is 1.77 bits per heavy atom. The van der Waals surface area contributed by atoms with Gasteiger partial charge in [0.05, 0.1) is 6.54 Å². The highest BCUT2D eigenvalue weighted by Crippen LogP contribution is 2.26. The molecule has 1 aromatic heterocycles. The SMILES string of the molecule is CC(C)N(CC(=O)N(Cc1ccc(F)cc1)Cc1cccs1)C(=O)C1CCCCC1. The summed E-state index contributed by atoms with van der Waals surface area (Å²) in [5.41, 5.74) is 0.871. The van der Waals surface area contributed by atoms with Crippen LogP contribution in [0.25, 0.3) is 0 Å². The van der Waals surface area contributed by atoms with Gasteiger partial charge in [-0.3, -0.25) is 9.59 Å². The standard InChI is InChI=1S/C24H31FN2O2S/c1-18(2)27(24(29)20-7-4-3-5-8-20)17-23(28)26(16-22-9-6-14-30-22)15-19-10-12-21(25)13-11-19/h6,9-14,18,20H,3-5,7-8,15-17H2,1-2H3. The highest BCUT2D eigenvalue weighted by Gasteiger charge is 2.30. The summed E-state index contributed by atoms with van der Waals surface area (Å²) in [6, 6.07) is 10.2. The molecule has 0 aliphatic heterocycles. The first-order chi connectivity index (χ1) is 14.4. The molecule has 1 saturated carbocycles. The molecule has 0 bridgehead atoms. The predicted molar refractivity (Wildman–Crippen MR) is 118 cm³/mol. The van der Waals surface area contributed by atoms with Crippen molar-refractivity contribution in [1.29, 1.82) is 0 Å². The predicted octanol–water partition coefficient (Wildman–Crippen LogP) is 5.23. The first kappa shape index (κ1) is 22.5. The molecule has 3 rings (SSSR count). The Kier molecular flexibility index (Phi) is 8.02. The van der Waals surface area contributed by atoms with Gasteiger partial charge in [-0.2, -0.15) is 0 Å². The molecule has 1 aromatic carbocycles. The van der Waals surface area contributed by atoms with Gasteiger partial charge in [0.2, 0.25) is 11.8 Å². The Bertz CT molecular complexity index is 814. The van der Waals surface area contributed by atoms with Crippen molar-refractivity contribution >= 4 is 23.2 Å². The van der Waals surface area contributed by atoms with Gasteiger partial charge in [-0.15, -0.1) is 11.3 Å². The third kappa shape index (κ3) is 6.14. The highest BCUT2D eigenvalue weighted by atomic mass is 32.1. The van der Waals surface area contributed by atoms with Gasteiger partial charge in [-0.05, 0) is 55.8 Å². The summed E-state index contributed by atoms with van der Waals surface area (Å²) in [6.07, 6.45) is 5.21. The average Bonchev–Trinajstić information content (AvgIpc) is 3.26. The van der Waals surface area contributed by atoms with Gasteiger partial charge in [0.25, 0.3) is 0 Å². The molecule has 1 heterocycles. The lowest BCUT2D eigenvalue weighted by Crippen LogP contribution is -2.47. The number of nitrogens with zero attached hydrogens (tertiary/aromatic N) is 2. The van der Waals surface area contributed by atoms with Gasteiger partial charge < -0.3 is 9.80 Å². The second-order valence-corrected chi connectivity index (χ2v) is 9.38. The summed E-state index contributed by atoms with van der Waals surface area (Å²) < 4.78 is 13.3. The van der Waals surface area contributed by atoms with Gasteiger partial charge in [0.1, 0.15) is 12.4 Å². The molecule has 0 radical (unpaired) electrons. The van der Waals surface area contributed by atoms with Crippen LogP contribution < -0.4 is 0 Å². The fourth-order valence-electron chi connectivity index (χ4n) is 3.98. The van der Waals surface area contributed by atoms with Crippen LogP contribution in [0.1, 0.15) is 56.4 Å². The first-order valence-electron chi connectivity index (χ1n) is 10.8. The van der Waals surface area contributed by atoms with Gasteiger partial charge in [-0.25, -0.2) is 4.39 Å². The van der Waals surface area contributed by atoms with Gasteiger partial charge in [0.15, 0.2) is 0 Å². The second kappa shape index (κ2) is 10.7. The number of hydrogen-bond acceptors (Lipinski definition) is 3. The fourth-order valence-corrected chi connectivity index (χ4v) is 4.70. The number of thiophene rings is 1. The molecule has 2 amide bonds. The zero-order valence-electron chi connectivity index (χ0n) is 17.9. The minimum Gasteiger partial charge on any atom is -0.332 e. The van der Waals surface area contributed by atoms with Crippen molar-refractivity contribution in [1.82, 2.24) is 9.80 Å². The van der Waals surface area contributed by atoms with Crippen LogP contribution in [0.15, 0.2) is 41.8 Å². The molecule has 30 heavy (non-hydrogen) atoms. The van der Waals surface area contributed by atoms with Crippen LogP contribution in [0, 0.1) is 11.7 Å². The Labute approximate surface area is 182 Å². The van der Waals surface area contributed by atoms with E-state index in [9.17, 15) is 14.0 Å². The van der Waals surface area contributed by atoms with Crippen LogP contribution in [-0.2, 0) is 22.7 Å². The maximum absolute atomic E-state index is 13.3. The smallest absolute Gasteiger partial charge is 0.242 e. The molecule has 0 saturated heterocycles. The van der Waals surface area contributed by atoms with Crippen molar-refractivity contribution < 1.29 is 14.0 Å². The lowest BCUT2D eigenvalue weighted by atomic mass is 9.88. The van der Waals surface area contributed by atoms with E-state index < -0.39 is 0 Å². The maximum Gasteiger partial charge on any atom is 0.242 e. The van der Waals surface area contributed by atoms with Crippen LogP contribution in [-0.4, -0.2) is 34.2 Å². The molecule has 4 nitrogen and oxygen atoms in total. The van der Waals surface area contributed by atoms with Crippen molar-refractivity contribution in [2.45, 2.75) is 65.1 Å². The fraction of sp³-hybridized carbons (Fsp3) is 0.500. The summed E-state index contributed by atoms with van der Waals surface area (Å²) in [4.78, 5) is 31.0. The van der Waals surface area contributed by atoms with E-state index in [2.05, 4.69) is 0 Å². The Morgan fingerprint density at radius 1 is 1.07 bits per heavy atom. The van der Waals surface area contributed by atoms with Gasteiger partial charge in [0, 0.05) is 23.4 Å². The van der Waals surface area contributed by atoms with E-state index in [4.69, 9.17) is 0 Å². The number of amides is 2. The molecular formula is C24H31FN2O2S. The van der Waals surface area contributed by atoms with Crippen LogP contribution in [0.5, 0.6) is 0 Å². The van der Waals surface area contributed by atoms with Crippen LogP contribution in [0.3, 0.4) is 0 Å². The molecule has 0 N–H and O–H groups in total.